The summed E-state index contributed by atoms with van der Waals surface area (Å²) in [5, 5.41) is 12.8. The summed E-state index contributed by atoms with van der Waals surface area (Å²) < 4.78 is 0.757. The Morgan fingerprint density at radius 1 is 1.40 bits per heavy atom. The molecule has 1 aromatic carbocycles. The van der Waals surface area contributed by atoms with Gasteiger partial charge in [0.1, 0.15) is 5.75 Å². The van der Waals surface area contributed by atoms with Gasteiger partial charge in [0.15, 0.2) is 0 Å². The van der Waals surface area contributed by atoms with Gasteiger partial charge in [0.2, 0.25) is 0 Å². The van der Waals surface area contributed by atoms with Crippen molar-refractivity contribution >= 4 is 21.8 Å². The summed E-state index contributed by atoms with van der Waals surface area (Å²) in [5.74, 6) is -0.217. The van der Waals surface area contributed by atoms with Crippen molar-refractivity contribution in [3.63, 3.8) is 0 Å². The van der Waals surface area contributed by atoms with E-state index in [1.165, 1.54) is 18.9 Å². The van der Waals surface area contributed by atoms with Gasteiger partial charge in [-0.05, 0) is 45.1 Å². The van der Waals surface area contributed by atoms with E-state index in [0.29, 0.717) is 12.1 Å². The second-order valence-electron chi connectivity index (χ2n) is 5.67. The fourth-order valence-corrected chi connectivity index (χ4v) is 3.20. The van der Waals surface area contributed by atoms with Crippen LogP contribution in [0.15, 0.2) is 22.7 Å². The average molecular weight is 341 g/mol. The SMILES string of the molecule is CN(C)C1(CNC(=O)c2ccc(Br)cc2O)CCCC1. The highest BCUT2D eigenvalue weighted by molar-refractivity contribution is 9.10. The molecule has 1 saturated carbocycles. The molecule has 0 aliphatic heterocycles. The van der Waals surface area contributed by atoms with Crippen molar-refractivity contribution in [3.05, 3.63) is 28.2 Å². The minimum atomic E-state index is -0.219. The highest BCUT2D eigenvalue weighted by atomic mass is 79.9. The molecule has 2 N–H and O–H groups in total. The van der Waals surface area contributed by atoms with Gasteiger partial charge in [0, 0.05) is 16.6 Å². The van der Waals surface area contributed by atoms with Crippen molar-refractivity contribution in [2.24, 2.45) is 0 Å². The molecule has 1 fully saturated rings. The number of nitrogens with zero attached hydrogens (tertiary/aromatic N) is 1. The van der Waals surface area contributed by atoms with E-state index in [1.54, 1.807) is 12.1 Å². The van der Waals surface area contributed by atoms with Gasteiger partial charge in [0.05, 0.1) is 5.56 Å². The van der Waals surface area contributed by atoms with Crippen LogP contribution in [0.2, 0.25) is 0 Å². The van der Waals surface area contributed by atoms with Gasteiger partial charge in [-0.25, -0.2) is 0 Å². The van der Waals surface area contributed by atoms with E-state index in [9.17, 15) is 9.90 Å². The van der Waals surface area contributed by atoms with E-state index in [4.69, 9.17) is 0 Å². The number of rotatable bonds is 4. The molecule has 20 heavy (non-hydrogen) atoms. The molecule has 2 rings (SSSR count). The molecule has 0 spiro atoms. The van der Waals surface area contributed by atoms with Crippen molar-refractivity contribution in [1.29, 1.82) is 0 Å². The van der Waals surface area contributed by atoms with E-state index in [2.05, 4.69) is 40.2 Å². The van der Waals surface area contributed by atoms with Crippen LogP contribution in [-0.4, -0.2) is 42.1 Å². The third-order valence-electron chi connectivity index (χ3n) is 4.27. The molecule has 0 radical (unpaired) electrons. The number of phenolic OH excluding ortho intramolecular Hbond substituents is 1. The zero-order valence-electron chi connectivity index (χ0n) is 11.9. The summed E-state index contributed by atoms with van der Waals surface area (Å²) in [5.41, 5.74) is 0.376. The average Bonchev–Trinajstić information content (AvgIpc) is 2.86. The van der Waals surface area contributed by atoms with Crippen LogP contribution in [0, 0.1) is 0 Å². The summed E-state index contributed by atoms with van der Waals surface area (Å²) in [6, 6.07) is 4.92. The number of carbonyl (C=O) groups is 1. The quantitative estimate of drug-likeness (QED) is 0.886. The van der Waals surface area contributed by atoms with E-state index >= 15 is 0 Å². The Bertz CT molecular complexity index is 497. The molecule has 4 nitrogen and oxygen atoms in total. The zero-order valence-corrected chi connectivity index (χ0v) is 13.5. The minimum Gasteiger partial charge on any atom is -0.507 e. The van der Waals surface area contributed by atoms with Crippen molar-refractivity contribution in [3.8, 4) is 5.75 Å². The molecule has 0 heterocycles. The Hall–Kier alpha value is -1.07. The van der Waals surface area contributed by atoms with Crippen molar-refractivity contribution in [2.45, 2.75) is 31.2 Å². The van der Waals surface area contributed by atoms with Crippen molar-refractivity contribution in [2.75, 3.05) is 20.6 Å². The summed E-state index contributed by atoms with van der Waals surface area (Å²) >= 11 is 3.27. The number of amides is 1. The molecule has 0 aromatic heterocycles. The summed E-state index contributed by atoms with van der Waals surface area (Å²) in [4.78, 5) is 14.4. The number of hydrogen-bond acceptors (Lipinski definition) is 3. The molecular weight excluding hydrogens is 320 g/mol. The van der Waals surface area contributed by atoms with E-state index in [1.807, 2.05) is 0 Å². The van der Waals surface area contributed by atoms with Crippen LogP contribution in [0.25, 0.3) is 0 Å². The van der Waals surface area contributed by atoms with Crippen LogP contribution in [0.4, 0.5) is 0 Å². The van der Waals surface area contributed by atoms with Gasteiger partial charge in [-0.15, -0.1) is 0 Å². The van der Waals surface area contributed by atoms with Crippen LogP contribution in [0.5, 0.6) is 5.75 Å². The monoisotopic (exact) mass is 340 g/mol. The van der Waals surface area contributed by atoms with Gasteiger partial charge in [-0.2, -0.15) is 0 Å². The molecule has 1 aliphatic rings. The predicted octanol–water partition coefficient (Wildman–Crippen LogP) is 2.76. The normalized spacial score (nSPS) is 17.4. The Morgan fingerprint density at radius 3 is 2.60 bits per heavy atom. The number of nitrogens with one attached hydrogen (secondary N) is 1. The molecule has 5 heteroatoms. The first-order valence-corrected chi connectivity index (χ1v) is 7.68. The van der Waals surface area contributed by atoms with Gasteiger partial charge in [-0.1, -0.05) is 28.8 Å². The van der Waals surface area contributed by atoms with Crippen LogP contribution in [0.1, 0.15) is 36.0 Å². The minimum absolute atomic E-state index is 0.00204. The molecule has 1 aromatic rings. The molecule has 110 valence electrons. The number of carbonyl (C=O) groups excluding carboxylic acids is 1. The second kappa shape index (κ2) is 6.14. The van der Waals surface area contributed by atoms with Gasteiger partial charge in [0.25, 0.3) is 5.91 Å². The van der Waals surface area contributed by atoms with E-state index in [-0.39, 0.29) is 17.2 Å². The Labute approximate surface area is 128 Å². The first-order valence-electron chi connectivity index (χ1n) is 6.89. The molecule has 0 bridgehead atoms. The van der Waals surface area contributed by atoms with Crippen LogP contribution < -0.4 is 5.32 Å². The molecule has 0 unspecified atom stereocenters. The topological polar surface area (TPSA) is 52.6 Å². The fraction of sp³-hybridized carbons (Fsp3) is 0.533. The van der Waals surface area contributed by atoms with Crippen LogP contribution in [-0.2, 0) is 0 Å². The van der Waals surface area contributed by atoms with Gasteiger partial charge < -0.3 is 15.3 Å². The summed E-state index contributed by atoms with van der Waals surface area (Å²) in [7, 11) is 4.13. The first kappa shape index (κ1) is 15.3. The lowest BCUT2D eigenvalue weighted by Gasteiger charge is -2.36. The Morgan fingerprint density at radius 2 is 2.05 bits per heavy atom. The standard InChI is InChI=1S/C15H21BrN2O2/c1-18(2)15(7-3-4-8-15)10-17-14(20)12-6-5-11(16)9-13(12)19/h5-6,9,19H,3-4,7-8,10H2,1-2H3,(H,17,20). The lowest BCUT2D eigenvalue weighted by Crippen LogP contribution is -2.50. The molecule has 0 saturated heterocycles. The Kier molecular flexibility index (Phi) is 4.70. The highest BCUT2D eigenvalue weighted by Gasteiger charge is 2.36. The Balaban J connectivity index is 2.04. The number of aromatic hydroxyl groups is 1. The van der Waals surface area contributed by atoms with E-state index in [0.717, 1.165) is 17.3 Å². The number of benzene rings is 1. The van der Waals surface area contributed by atoms with Crippen molar-refractivity contribution in [1.82, 2.24) is 10.2 Å². The fourth-order valence-electron chi connectivity index (χ4n) is 2.85. The van der Waals surface area contributed by atoms with E-state index < -0.39 is 0 Å². The maximum absolute atomic E-state index is 12.2. The molecule has 0 atom stereocenters. The second-order valence-corrected chi connectivity index (χ2v) is 6.59. The van der Waals surface area contributed by atoms with Crippen LogP contribution in [0.3, 0.4) is 0 Å². The van der Waals surface area contributed by atoms with Crippen molar-refractivity contribution < 1.29 is 9.90 Å². The van der Waals surface area contributed by atoms with Gasteiger partial charge >= 0.3 is 0 Å². The number of hydrogen-bond donors (Lipinski definition) is 2. The molecular formula is C15H21BrN2O2. The van der Waals surface area contributed by atoms with Gasteiger partial charge in [-0.3, -0.25) is 4.79 Å². The molecule has 1 amide bonds. The lowest BCUT2D eigenvalue weighted by atomic mass is 9.96. The maximum Gasteiger partial charge on any atom is 0.255 e. The highest BCUT2D eigenvalue weighted by Crippen LogP contribution is 2.33. The first-order chi connectivity index (χ1) is 9.44. The number of likely N-dealkylation sites (N-methyl/N-ethyl adjacent to an activating group) is 1. The predicted molar refractivity (Wildman–Crippen MR) is 83.0 cm³/mol. The smallest absolute Gasteiger partial charge is 0.255 e. The van der Waals surface area contributed by atoms with Crippen LogP contribution >= 0.6 is 15.9 Å². The summed E-state index contributed by atoms with van der Waals surface area (Å²) in [6.07, 6.45) is 4.62. The third-order valence-corrected chi connectivity index (χ3v) is 4.76. The largest absolute Gasteiger partial charge is 0.507 e. The number of phenols is 1. The zero-order chi connectivity index (χ0) is 14.8. The third kappa shape index (κ3) is 3.15. The maximum atomic E-state index is 12.2. The summed E-state index contributed by atoms with van der Waals surface area (Å²) in [6.45, 7) is 0.619. The lowest BCUT2D eigenvalue weighted by molar-refractivity contribution is 0.0897. The number of halogens is 1. The molecule has 1 aliphatic carbocycles.